The zero-order valence-electron chi connectivity index (χ0n) is 15.9. The van der Waals surface area contributed by atoms with Crippen molar-refractivity contribution in [3.05, 3.63) is 60.7 Å². The van der Waals surface area contributed by atoms with Gasteiger partial charge < -0.3 is 4.74 Å². The fraction of sp³-hybridized carbons (Fsp3) is 0.304. The molecule has 0 amide bonds. The van der Waals surface area contributed by atoms with E-state index >= 15 is 0 Å². The Morgan fingerprint density at radius 3 is 1.50 bits per heavy atom. The largest absolute Gasteiger partial charge is 0.469 e. The van der Waals surface area contributed by atoms with Gasteiger partial charge in [-0.15, -0.1) is 0 Å². The summed E-state index contributed by atoms with van der Waals surface area (Å²) in [5, 5.41) is 5.25. The quantitative estimate of drug-likeness (QED) is 0.467. The predicted octanol–water partition coefficient (Wildman–Crippen LogP) is 5.40. The van der Waals surface area contributed by atoms with Crippen LogP contribution < -0.4 is 0 Å². The van der Waals surface area contributed by atoms with Gasteiger partial charge in [-0.2, -0.15) is 0 Å². The van der Waals surface area contributed by atoms with E-state index in [9.17, 15) is 9.59 Å². The van der Waals surface area contributed by atoms with Crippen molar-refractivity contribution in [1.29, 1.82) is 0 Å². The summed E-state index contributed by atoms with van der Waals surface area (Å²) < 4.78 is 4.54. The molecule has 0 radical (unpaired) electrons. The topological polar surface area (TPSA) is 43.4 Å². The highest BCUT2D eigenvalue weighted by Crippen LogP contribution is 2.22. The van der Waals surface area contributed by atoms with Gasteiger partial charge in [0, 0.05) is 5.92 Å². The van der Waals surface area contributed by atoms with Crippen LogP contribution >= 0.6 is 0 Å². The monoisotopic (exact) mass is 350 g/mol. The summed E-state index contributed by atoms with van der Waals surface area (Å²) in [6, 6.07) is 21.4. The molecule has 0 fully saturated rings. The van der Waals surface area contributed by atoms with Gasteiger partial charge in [0.1, 0.15) is 5.78 Å². The van der Waals surface area contributed by atoms with E-state index in [-0.39, 0.29) is 23.6 Å². The molecular formula is C23H26O3. The van der Waals surface area contributed by atoms with Gasteiger partial charge in [-0.05, 0) is 47.0 Å². The Morgan fingerprint density at radius 1 is 0.808 bits per heavy atom. The molecule has 0 aliphatic carbocycles. The Balaban J connectivity index is 0.000000191. The van der Waals surface area contributed by atoms with Crippen molar-refractivity contribution >= 4 is 33.3 Å². The molecule has 0 saturated carbocycles. The summed E-state index contributed by atoms with van der Waals surface area (Å²) >= 11 is 0. The van der Waals surface area contributed by atoms with Gasteiger partial charge in [0.05, 0.1) is 13.0 Å². The summed E-state index contributed by atoms with van der Waals surface area (Å²) in [6.45, 7) is 5.13. The number of hydrogen-bond acceptors (Lipinski definition) is 3. The number of methoxy groups -OCH3 is 1. The fourth-order valence-corrected chi connectivity index (χ4v) is 2.88. The molecule has 2 unspecified atom stereocenters. The van der Waals surface area contributed by atoms with Crippen LogP contribution in [0.5, 0.6) is 0 Å². The van der Waals surface area contributed by atoms with Crippen LogP contribution in [0.15, 0.2) is 60.7 Å². The number of ketones is 1. The summed E-state index contributed by atoms with van der Waals surface area (Å²) in [5.41, 5.74) is 0. The molecule has 3 aromatic carbocycles. The lowest BCUT2D eigenvalue weighted by molar-refractivity contribution is -0.145. The number of fused-ring (bicyclic) bond motifs is 2. The number of rotatable bonds is 4. The van der Waals surface area contributed by atoms with E-state index in [0.29, 0.717) is 6.42 Å². The Morgan fingerprint density at radius 2 is 1.19 bits per heavy atom. The smallest absolute Gasteiger partial charge is 0.308 e. The Hall–Kier alpha value is -2.68. The Bertz CT molecular complexity index is 793. The van der Waals surface area contributed by atoms with Crippen LogP contribution in [0.1, 0.15) is 27.2 Å². The van der Waals surface area contributed by atoms with E-state index in [2.05, 4.69) is 65.4 Å². The first-order valence-corrected chi connectivity index (χ1v) is 8.88. The van der Waals surface area contributed by atoms with E-state index < -0.39 is 0 Å². The fourth-order valence-electron chi connectivity index (χ4n) is 2.88. The van der Waals surface area contributed by atoms with Gasteiger partial charge in [-0.3, -0.25) is 9.59 Å². The van der Waals surface area contributed by atoms with Crippen LogP contribution in [0.4, 0.5) is 0 Å². The number of carbonyl (C=O) groups is 2. The first-order chi connectivity index (χ1) is 12.4. The molecule has 0 aromatic heterocycles. The molecule has 3 rings (SSSR count). The summed E-state index contributed by atoms with van der Waals surface area (Å²) in [6.07, 6.45) is 0.571. The van der Waals surface area contributed by atoms with E-state index in [1.54, 1.807) is 6.92 Å². The average Bonchev–Trinajstić information content (AvgIpc) is 2.65. The third kappa shape index (κ3) is 5.16. The summed E-state index contributed by atoms with van der Waals surface area (Å²) in [7, 11) is 1.36. The molecule has 3 heteroatoms. The molecule has 3 aromatic rings. The van der Waals surface area contributed by atoms with Crippen LogP contribution in [0.25, 0.3) is 21.5 Å². The molecule has 0 heterocycles. The molecule has 0 N–H and O–H groups in total. The van der Waals surface area contributed by atoms with E-state index in [1.165, 1.54) is 35.6 Å². The second kappa shape index (κ2) is 9.14. The van der Waals surface area contributed by atoms with Crippen molar-refractivity contribution in [2.75, 3.05) is 7.11 Å². The zero-order valence-corrected chi connectivity index (χ0v) is 15.9. The SMILES string of the molecule is COC(=O)C(C)CC(C)C(C)=O.c1ccc2cc3ccccc3cc2c1. The molecule has 3 nitrogen and oxygen atoms in total. The zero-order chi connectivity index (χ0) is 19.1. The average molecular weight is 350 g/mol. The lowest BCUT2D eigenvalue weighted by Gasteiger charge is -2.12. The highest BCUT2D eigenvalue weighted by atomic mass is 16.5. The normalized spacial score (nSPS) is 12.8. The van der Waals surface area contributed by atoms with Crippen molar-refractivity contribution in [1.82, 2.24) is 0 Å². The molecule has 0 spiro atoms. The highest BCUT2D eigenvalue weighted by molar-refractivity contribution is 5.98. The van der Waals surface area contributed by atoms with Gasteiger partial charge in [-0.25, -0.2) is 0 Å². The lowest BCUT2D eigenvalue weighted by Crippen LogP contribution is -2.18. The van der Waals surface area contributed by atoms with Gasteiger partial charge in [0.25, 0.3) is 0 Å². The van der Waals surface area contributed by atoms with Gasteiger partial charge in [-0.1, -0.05) is 62.4 Å². The number of carbonyl (C=O) groups excluding carboxylic acids is 2. The minimum Gasteiger partial charge on any atom is -0.469 e. The van der Waals surface area contributed by atoms with Gasteiger partial charge >= 0.3 is 5.97 Å². The molecule has 136 valence electrons. The minimum atomic E-state index is -0.247. The number of hydrogen-bond donors (Lipinski definition) is 0. The number of ether oxygens (including phenoxy) is 1. The van der Waals surface area contributed by atoms with Crippen LogP contribution in [-0.4, -0.2) is 18.9 Å². The summed E-state index contributed by atoms with van der Waals surface area (Å²) in [5.74, 6) is -0.373. The second-order valence-electron chi connectivity index (χ2n) is 6.72. The predicted molar refractivity (Wildman–Crippen MR) is 107 cm³/mol. The molecule has 0 saturated heterocycles. The third-order valence-corrected chi connectivity index (χ3v) is 4.62. The maximum atomic E-state index is 10.9. The van der Waals surface area contributed by atoms with Crippen molar-refractivity contribution < 1.29 is 14.3 Å². The van der Waals surface area contributed by atoms with E-state index in [0.717, 1.165) is 0 Å². The van der Waals surface area contributed by atoms with Crippen molar-refractivity contribution in [3.8, 4) is 0 Å². The third-order valence-electron chi connectivity index (χ3n) is 4.62. The summed E-state index contributed by atoms with van der Waals surface area (Å²) in [4.78, 5) is 21.8. The molecule has 2 atom stereocenters. The minimum absolute atomic E-state index is 0.0564. The van der Waals surface area contributed by atoms with E-state index in [1.807, 2.05) is 6.92 Å². The molecule has 0 aliphatic heterocycles. The van der Waals surface area contributed by atoms with Crippen molar-refractivity contribution in [2.24, 2.45) is 11.8 Å². The van der Waals surface area contributed by atoms with Crippen LogP contribution in [0.3, 0.4) is 0 Å². The van der Waals surface area contributed by atoms with Crippen molar-refractivity contribution in [2.45, 2.75) is 27.2 Å². The Kier molecular flexibility index (Phi) is 6.90. The van der Waals surface area contributed by atoms with E-state index in [4.69, 9.17) is 0 Å². The van der Waals surface area contributed by atoms with Crippen molar-refractivity contribution in [3.63, 3.8) is 0 Å². The van der Waals surface area contributed by atoms with Gasteiger partial charge in [0.15, 0.2) is 0 Å². The van der Waals surface area contributed by atoms with Crippen LogP contribution in [0.2, 0.25) is 0 Å². The second-order valence-corrected chi connectivity index (χ2v) is 6.72. The molecule has 0 bridgehead atoms. The molecular weight excluding hydrogens is 324 g/mol. The number of esters is 1. The first-order valence-electron chi connectivity index (χ1n) is 8.88. The Labute approximate surface area is 155 Å². The number of Topliss-reactive ketones (excluding diaryl/α,β-unsaturated/α-hetero) is 1. The maximum absolute atomic E-state index is 10.9. The molecule has 26 heavy (non-hydrogen) atoms. The van der Waals surface area contributed by atoms with Gasteiger partial charge in [0.2, 0.25) is 0 Å². The lowest BCUT2D eigenvalue weighted by atomic mass is 9.95. The standard InChI is InChI=1S/C14H10.C9H16O3/c1-2-6-12-10-14-8-4-3-7-13(14)9-11(12)5-1;1-6(8(3)10)5-7(2)9(11)12-4/h1-10H;6-7H,5H2,1-4H3. The number of benzene rings is 3. The van der Waals surface area contributed by atoms with Crippen LogP contribution in [0, 0.1) is 11.8 Å². The first kappa shape index (κ1) is 19.6. The maximum Gasteiger partial charge on any atom is 0.308 e. The highest BCUT2D eigenvalue weighted by Gasteiger charge is 2.18. The molecule has 0 aliphatic rings. The van der Waals surface area contributed by atoms with Crippen LogP contribution in [-0.2, 0) is 14.3 Å².